The Kier molecular flexibility index (Phi) is 6.60. The fraction of sp³-hybridized carbons (Fsp3) is 0.393. The van der Waals surface area contributed by atoms with Gasteiger partial charge in [-0.2, -0.15) is 4.98 Å². The van der Waals surface area contributed by atoms with Crippen LogP contribution in [0.15, 0.2) is 42.9 Å². The smallest absolute Gasteiger partial charge is 0.260 e. The van der Waals surface area contributed by atoms with Crippen molar-refractivity contribution in [2.45, 2.75) is 44.9 Å². The summed E-state index contributed by atoms with van der Waals surface area (Å²) in [5, 5.41) is 0.430. The van der Waals surface area contributed by atoms with Crippen LogP contribution in [0.4, 0.5) is 0 Å². The zero-order valence-electron chi connectivity index (χ0n) is 22.1. The molecule has 1 aromatic carbocycles. The molecule has 4 aromatic rings. The van der Waals surface area contributed by atoms with E-state index in [1.165, 1.54) is 6.33 Å². The molecule has 1 amide bonds. The number of likely N-dealkylation sites (N-methyl/N-ethyl adjacent to an activating group) is 1. The number of carbonyl (C=O) groups excluding carboxylic acids is 1. The summed E-state index contributed by atoms with van der Waals surface area (Å²) in [6.45, 7) is 5.54. The predicted molar refractivity (Wildman–Crippen MR) is 145 cm³/mol. The number of aromatic nitrogens is 5. The van der Waals surface area contributed by atoms with Crippen molar-refractivity contribution in [1.29, 1.82) is 0 Å². The van der Waals surface area contributed by atoms with Gasteiger partial charge in [0, 0.05) is 18.8 Å². The van der Waals surface area contributed by atoms with Gasteiger partial charge in [0.05, 0.1) is 36.5 Å². The molecule has 0 unspecified atom stereocenters. The Hall–Kier alpha value is -3.76. The van der Waals surface area contributed by atoms with Gasteiger partial charge in [-0.3, -0.25) is 9.78 Å². The van der Waals surface area contributed by atoms with Crippen LogP contribution in [0.3, 0.4) is 0 Å². The third-order valence-corrected chi connectivity index (χ3v) is 7.51. The standard InChI is InChI=1S/C28H29ClN6O4/c1-17-6-9-30-18(10-17)12-35-25(33-24-26(35)31-16-32-27(24)39-28(2)7-8-28)21-5-4-20(11-22(21)29)38-15-23(36)34(3)19-13-37-14-19/h4-6,9-11,16,19H,7-8,12-15H2,1-3H3. The number of aryl methyl sites for hydroxylation is 1. The number of hydrogen-bond acceptors (Lipinski definition) is 8. The van der Waals surface area contributed by atoms with Crippen LogP contribution >= 0.6 is 11.6 Å². The molecule has 39 heavy (non-hydrogen) atoms. The summed E-state index contributed by atoms with van der Waals surface area (Å²) < 4.78 is 19.1. The molecule has 11 heteroatoms. The largest absolute Gasteiger partial charge is 0.484 e. The van der Waals surface area contributed by atoms with Crippen molar-refractivity contribution in [3.8, 4) is 23.0 Å². The van der Waals surface area contributed by atoms with Crippen molar-refractivity contribution in [3.63, 3.8) is 0 Å². The van der Waals surface area contributed by atoms with Crippen molar-refractivity contribution in [3.05, 3.63) is 59.1 Å². The molecule has 0 bridgehead atoms. The van der Waals surface area contributed by atoms with Gasteiger partial charge in [0.15, 0.2) is 17.8 Å². The second-order valence-corrected chi connectivity index (χ2v) is 10.8. The monoisotopic (exact) mass is 548 g/mol. The number of carbonyl (C=O) groups is 1. The lowest BCUT2D eigenvalue weighted by Crippen LogP contribution is -2.50. The van der Waals surface area contributed by atoms with Crippen LogP contribution in [0.25, 0.3) is 22.6 Å². The third-order valence-electron chi connectivity index (χ3n) is 7.19. The highest BCUT2D eigenvalue weighted by atomic mass is 35.5. The minimum absolute atomic E-state index is 0.0880. The Morgan fingerprint density at radius 3 is 2.72 bits per heavy atom. The number of nitrogens with zero attached hydrogens (tertiary/aromatic N) is 6. The van der Waals surface area contributed by atoms with E-state index >= 15 is 0 Å². The first-order valence-electron chi connectivity index (χ1n) is 12.9. The molecular weight excluding hydrogens is 520 g/mol. The summed E-state index contributed by atoms with van der Waals surface area (Å²) in [4.78, 5) is 32.5. The summed E-state index contributed by atoms with van der Waals surface area (Å²) in [5.41, 5.74) is 3.63. The van der Waals surface area contributed by atoms with Crippen LogP contribution in [0.1, 0.15) is 31.0 Å². The van der Waals surface area contributed by atoms with Crippen molar-refractivity contribution >= 4 is 28.7 Å². The number of hydrogen-bond donors (Lipinski definition) is 0. The van der Waals surface area contributed by atoms with E-state index < -0.39 is 0 Å². The molecule has 2 aliphatic rings. The maximum Gasteiger partial charge on any atom is 0.260 e. The number of fused-ring (bicyclic) bond motifs is 1. The molecule has 202 valence electrons. The fourth-order valence-corrected chi connectivity index (χ4v) is 4.62. The van der Waals surface area contributed by atoms with Gasteiger partial charge in [0.1, 0.15) is 23.5 Å². The van der Waals surface area contributed by atoms with E-state index in [4.69, 9.17) is 30.8 Å². The van der Waals surface area contributed by atoms with Crippen molar-refractivity contribution in [2.24, 2.45) is 0 Å². The van der Waals surface area contributed by atoms with Crippen molar-refractivity contribution in [2.75, 3.05) is 26.9 Å². The van der Waals surface area contributed by atoms with Crippen LogP contribution < -0.4 is 9.47 Å². The number of benzene rings is 1. The second-order valence-electron chi connectivity index (χ2n) is 10.4. The summed E-state index contributed by atoms with van der Waals surface area (Å²) >= 11 is 6.78. The Morgan fingerprint density at radius 2 is 2.03 bits per heavy atom. The van der Waals surface area contributed by atoms with E-state index in [9.17, 15) is 4.79 Å². The van der Waals surface area contributed by atoms with Gasteiger partial charge in [-0.1, -0.05) is 11.6 Å². The summed E-state index contributed by atoms with van der Waals surface area (Å²) in [6.07, 6.45) is 5.23. The number of rotatable bonds is 9. The highest BCUT2D eigenvalue weighted by Crippen LogP contribution is 2.41. The fourth-order valence-electron chi connectivity index (χ4n) is 4.37. The second kappa shape index (κ2) is 10.1. The van der Waals surface area contributed by atoms with Crippen LogP contribution in [-0.2, 0) is 16.1 Å². The molecule has 1 saturated carbocycles. The molecule has 6 rings (SSSR count). The Bertz CT molecular complexity index is 1550. The molecule has 0 spiro atoms. The summed E-state index contributed by atoms with van der Waals surface area (Å²) in [7, 11) is 1.76. The number of ether oxygens (including phenoxy) is 3. The molecule has 0 N–H and O–H groups in total. The number of pyridine rings is 1. The topological polar surface area (TPSA) is 104 Å². The Morgan fingerprint density at radius 1 is 1.21 bits per heavy atom. The average molecular weight is 549 g/mol. The van der Waals surface area contributed by atoms with Crippen LogP contribution in [0, 0.1) is 6.92 Å². The van der Waals surface area contributed by atoms with Gasteiger partial charge in [0.25, 0.3) is 5.91 Å². The summed E-state index contributed by atoms with van der Waals surface area (Å²) in [5.74, 6) is 1.43. The highest BCUT2D eigenvalue weighted by Gasteiger charge is 2.41. The minimum atomic E-state index is -0.225. The van der Waals surface area contributed by atoms with Crippen LogP contribution in [0.2, 0.25) is 5.02 Å². The molecule has 2 fully saturated rings. The quantitative estimate of drug-likeness (QED) is 0.308. The molecule has 0 radical (unpaired) electrons. The predicted octanol–water partition coefficient (Wildman–Crippen LogP) is 4.07. The normalized spacial score (nSPS) is 16.1. The first-order valence-corrected chi connectivity index (χ1v) is 13.3. The highest BCUT2D eigenvalue weighted by molar-refractivity contribution is 6.33. The van der Waals surface area contributed by atoms with Gasteiger partial charge >= 0.3 is 0 Å². The molecule has 1 aliphatic carbocycles. The van der Waals surface area contributed by atoms with Crippen LogP contribution in [-0.4, -0.2) is 73.8 Å². The Labute approximate surface area is 230 Å². The Balaban J connectivity index is 1.33. The minimum Gasteiger partial charge on any atom is -0.484 e. The lowest BCUT2D eigenvalue weighted by Gasteiger charge is -2.34. The van der Waals surface area contributed by atoms with Gasteiger partial charge in [-0.05, 0) is 62.6 Å². The average Bonchev–Trinajstić information content (AvgIpc) is 3.49. The molecule has 1 aliphatic heterocycles. The van der Waals surface area contributed by atoms with E-state index in [0.717, 1.165) is 24.1 Å². The molecule has 0 atom stereocenters. The summed E-state index contributed by atoms with van der Waals surface area (Å²) in [6, 6.07) is 9.40. The molecule has 10 nitrogen and oxygen atoms in total. The van der Waals surface area contributed by atoms with Gasteiger partial charge in [0.2, 0.25) is 5.88 Å². The van der Waals surface area contributed by atoms with E-state index in [1.807, 2.05) is 29.7 Å². The SMILES string of the molecule is Cc1ccnc(Cn2c(-c3ccc(OCC(=O)N(C)C4COC4)cc3Cl)nc3c(OC4(C)CC4)ncnc32)c1. The van der Waals surface area contributed by atoms with Crippen molar-refractivity contribution in [1.82, 2.24) is 29.4 Å². The number of imidazole rings is 1. The lowest BCUT2D eigenvalue weighted by molar-refractivity contribution is -0.143. The van der Waals surface area contributed by atoms with E-state index in [-0.39, 0.29) is 24.2 Å². The van der Waals surface area contributed by atoms with E-state index in [1.54, 1.807) is 30.3 Å². The van der Waals surface area contributed by atoms with Gasteiger partial charge < -0.3 is 23.7 Å². The van der Waals surface area contributed by atoms with Crippen molar-refractivity contribution < 1.29 is 19.0 Å². The first-order chi connectivity index (χ1) is 18.8. The van der Waals surface area contributed by atoms with E-state index in [0.29, 0.717) is 59.0 Å². The molecular formula is C28H29ClN6O4. The maximum absolute atomic E-state index is 12.5. The van der Waals surface area contributed by atoms with Gasteiger partial charge in [-0.25, -0.2) is 9.97 Å². The van der Waals surface area contributed by atoms with Gasteiger partial charge in [-0.15, -0.1) is 0 Å². The first kappa shape index (κ1) is 25.5. The maximum atomic E-state index is 12.5. The lowest BCUT2D eigenvalue weighted by atomic mass is 10.2. The van der Waals surface area contributed by atoms with Crippen LogP contribution in [0.5, 0.6) is 11.6 Å². The number of halogens is 1. The third kappa shape index (κ3) is 5.26. The zero-order chi connectivity index (χ0) is 27.1. The molecule has 1 saturated heterocycles. The zero-order valence-corrected chi connectivity index (χ0v) is 22.8. The molecule has 4 heterocycles. The number of amides is 1. The molecule has 3 aromatic heterocycles. The van der Waals surface area contributed by atoms with E-state index in [2.05, 4.69) is 21.9 Å².